The molecular formula is C47H38FN. The van der Waals surface area contributed by atoms with Crippen molar-refractivity contribution in [1.29, 1.82) is 0 Å². The van der Waals surface area contributed by atoms with Gasteiger partial charge in [0.1, 0.15) is 5.82 Å². The van der Waals surface area contributed by atoms with E-state index in [-0.39, 0.29) is 11.2 Å². The second-order valence-electron chi connectivity index (χ2n) is 12.9. The fraction of sp³-hybridized carbons (Fsp3) is 0.106. The van der Waals surface area contributed by atoms with E-state index in [1.54, 1.807) is 6.07 Å². The summed E-state index contributed by atoms with van der Waals surface area (Å²) in [5, 5.41) is 1.58. The van der Waals surface area contributed by atoms with Crippen LogP contribution in [0.4, 0.5) is 21.5 Å². The number of anilines is 3. The van der Waals surface area contributed by atoms with Crippen LogP contribution in [0, 0.1) is 5.82 Å². The van der Waals surface area contributed by atoms with E-state index in [2.05, 4.69) is 152 Å². The van der Waals surface area contributed by atoms with Crippen molar-refractivity contribution in [1.82, 2.24) is 0 Å². The number of hydrogen-bond donors (Lipinski definition) is 0. The number of halogens is 1. The lowest BCUT2D eigenvalue weighted by atomic mass is 9.73. The van der Waals surface area contributed by atoms with Gasteiger partial charge in [0.15, 0.2) is 0 Å². The Morgan fingerprint density at radius 1 is 0.490 bits per heavy atom. The van der Waals surface area contributed by atoms with Crippen LogP contribution in [0.1, 0.15) is 48.9 Å². The van der Waals surface area contributed by atoms with Crippen molar-refractivity contribution in [3.05, 3.63) is 186 Å². The normalized spacial score (nSPS) is 13.0. The molecule has 0 bridgehead atoms. The molecule has 1 nitrogen and oxygen atoms in total. The van der Waals surface area contributed by atoms with Gasteiger partial charge in [-0.2, -0.15) is 0 Å². The average molecular weight is 636 g/mol. The first-order valence-electron chi connectivity index (χ1n) is 17.2. The summed E-state index contributed by atoms with van der Waals surface area (Å²) in [6, 6.07) is 54.9. The molecule has 0 amide bonds. The third-order valence-electron chi connectivity index (χ3n) is 10.4. The lowest BCUT2D eigenvalue weighted by molar-refractivity contribution is 0.490. The van der Waals surface area contributed by atoms with Crippen LogP contribution in [-0.4, -0.2) is 0 Å². The van der Waals surface area contributed by atoms with Gasteiger partial charge in [0.2, 0.25) is 0 Å². The molecule has 1 aliphatic carbocycles. The lowest BCUT2D eigenvalue weighted by Gasteiger charge is -2.32. The van der Waals surface area contributed by atoms with Crippen LogP contribution in [0.2, 0.25) is 0 Å². The number of fused-ring (bicyclic) bond motifs is 4. The zero-order valence-corrected chi connectivity index (χ0v) is 27.9. The first kappa shape index (κ1) is 30.6. The molecule has 2 heteroatoms. The Bertz CT molecular complexity index is 2260. The van der Waals surface area contributed by atoms with Crippen LogP contribution in [0.5, 0.6) is 0 Å². The molecule has 49 heavy (non-hydrogen) atoms. The summed E-state index contributed by atoms with van der Waals surface area (Å²) in [7, 11) is 0. The Hall–Kier alpha value is -5.73. The number of nitrogens with zero attached hydrogens (tertiary/aromatic N) is 1. The Kier molecular flexibility index (Phi) is 7.93. The summed E-state index contributed by atoms with van der Waals surface area (Å²) in [6.45, 7) is 4.66. The topological polar surface area (TPSA) is 3.24 Å². The van der Waals surface area contributed by atoms with Crippen LogP contribution < -0.4 is 4.90 Å². The van der Waals surface area contributed by atoms with Gasteiger partial charge in [-0.3, -0.25) is 0 Å². The molecule has 0 saturated heterocycles. The van der Waals surface area contributed by atoms with Gasteiger partial charge in [-0.25, -0.2) is 4.39 Å². The number of rotatable bonds is 8. The van der Waals surface area contributed by atoms with Gasteiger partial charge >= 0.3 is 0 Å². The van der Waals surface area contributed by atoms with Crippen molar-refractivity contribution in [2.24, 2.45) is 0 Å². The molecule has 0 atom stereocenters. The largest absolute Gasteiger partial charge is 0.310 e. The number of para-hydroxylation sites is 2. The summed E-state index contributed by atoms with van der Waals surface area (Å²) < 4.78 is 14.4. The molecule has 0 unspecified atom stereocenters. The summed E-state index contributed by atoms with van der Waals surface area (Å²) >= 11 is 0. The maximum absolute atomic E-state index is 14.4. The fourth-order valence-corrected chi connectivity index (χ4v) is 7.84. The van der Waals surface area contributed by atoms with Crippen LogP contribution in [0.25, 0.3) is 45.2 Å². The Labute approximate surface area is 288 Å². The van der Waals surface area contributed by atoms with Crippen LogP contribution >= 0.6 is 0 Å². The SMILES string of the molecule is CCC1(CC)c2cc(/C=C/c3ccc(-c4ccc(F)c5ccccc45)cc3)ccc2-c2ccc(N(c3ccccc3)c3ccccc3)cc21. The first-order chi connectivity index (χ1) is 24.1. The van der Waals surface area contributed by atoms with Crippen molar-refractivity contribution in [2.45, 2.75) is 32.1 Å². The Balaban J connectivity index is 1.12. The Morgan fingerprint density at radius 3 is 1.67 bits per heavy atom. The van der Waals surface area contributed by atoms with E-state index in [0.717, 1.165) is 46.3 Å². The van der Waals surface area contributed by atoms with Gasteiger partial charge in [0.25, 0.3) is 0 Å². The fourth-order valence-electron chi connectivity index (χ4n) is 7.84. The summed E-state index contributed by atoms with van der Waals surface area (Å²) in [4.78, 5) is 2.36. The van der Waals surface area contributed by atoms with Crippen molar-refractivity contribution < 1.29 is 4.39 Å². The first-order valence-corrected chi connectivity index (χ1v) is 17.2. The molecule has 7 aromatic rings. The van der Waals surface area contributed by atoms with Gasteiger partial charge in [0, 0.05) is 27.9 Å². The van der Waals surface area contributed by atoms with Crippen molar-refractivity contribution in [3.63, 3.8) is 0 Å². The standard InChI is InChI=1S/C47H38FN/c1-3-47(4-2)44-31-34(20-19-33-21-24-35(25-22-33)39-29-30-46(48)43-18-12-11-17-40(39)43)23-27-41(44)42-28-26-38(32-45(42)47)49(36-13-7-5-8-14-36)37-15-9-6-10-16-37/h5-32H,3-4H2,1-2H3/b20-19+. The highest BCUT2D eigenvalue weighted by atomic mass is 19.1. The lowest BCUT2D eigenvalue weighted by Crippen LogP contribution is -2.23. The predicted octanol–water partition coefficient (Wildman–Crippen LogP) is 13.4. The molecule has 7 aromatic carbocycles. The highest BCUT2D eigenvalue weighted by Gasteiger charge is 2.41. The molecule has 0 saturated carbocycles. The van der Waals surface area contributed by atoms with E-state index >= 15 is 0 Å². The van der Waals surface area contributed by atoms with Gasteiger partial charge < -0.3 is 4.90 Å². The average Bonchev–Trinajstić information content (AvgIpc) is 3.44. The van der Waals surface area contributed by atoms with Gasteiger partial charge in [-0.1, -0.05) is 141 Å². The van der Waals surface area contributed by atoms with Gasteiger partial charge in [0.05, 0.1) is 0 Å². The molecule has 238 valence electrons. The predicted molar refractivity (Wildman–Crippen MR) is 206 cm³/mol. The smallest absolute Gasteiger partial charge is 0.131 e. The van der Waals surface area contributed by atoms with E-state index < -0.39 is 0 Å². The van der Waals surface area contributed by atoms with E-state index in [0.29, 0.717) is 5.39 Å². The number of hydrogen-bond acceptors (Lipinski definition) is 1. The maximum atomic E-state index is 14.4. The van der Waals surface area contributed by atoms with Gasteiger partial charge in [-0.15, -0.1) is 0 Å². The highest BCUT2D eigenvalue weighted by molar-refractivity contribution is 5.97. The quantitative estimate of drug-likeness (QED) is 0.150. The molecule has 0 fully saturated rings. The molecule has 8 rings (SSSR count). The zero-order chi connectivity index (χ0) is 33.4. The van der Waals surface area contributed by atoms with Crippen molar-refractivity contribution in [3.8, 4) is 22.3 Å². The van der Waals surface area contributed by atoms with Gasteiger partial charge in [-0.05, 0) is 105 Å². The molecule has 0 heterocycles. The van der Waals surface area contributed by atoms with Crippen molar-refractivity contribution in [2.75, 3.05) is 4.90 Å². The van der Waals surface area contributed by atoms with E-state index in [4.69, 9.17) is 0 Å². The molecule has 0 radical (unpaired) electrons. The monoisotopic (exact) mass is 635 g/mol. The summed E-state index contributed by atoms with van der Waals surface area (Å²) in [5.41, 5.74) is 13.3. The zero-order valence-electron chi connectivity index (χ0n) is 27.9. The van der Waals surface area contributed by atoms with Crippen molar-refractivity contribution >= 4 is 40.0 Å². The van der Waals surface area contributed by atoms with E-state index in [1.807, 2.05) is 30.3 Å². The molecular weight excluding hydrogens is 598 g/mol. The van der Waals surface area contributed by atoms with E-state index in [1.165, 1.54) is 33.5 Å². The minimum absolute atomic E-state index is 0.0663. The van der Waals surface area contributed by atoms with Crippen LogP contribution in [-0.2, 0) is 5.41 Å². The van der Waals surface area contributed by atoms with Crippen LogP contribution in [0.15, 0.2) is 158 Å². The minimum Gasteiger partial charge on any atom is -0.310 e. The molecule has 0 aromatic heterocycles. The molecule has 1 aliphatic rings. The summed E-state index contributed by atoms with van der Waals surface area (Å²) in [6.07, 6.45) is 6.46. The molecule has 0 N–H and O–H groups in total. The van der Waals surface area contributed by atoms with E-state index in [9.17, 15) is 4.39 Å². The molecule has 0 spiro atoms. The summed E-state index contributed by atoms with van der Waals surface area (Å²) in [5.74, 6) is -0.187. The second-order valence-corrected chi connectivity index (χ2v) is 12.9. The minimum atomic E-state index is -0.187. The maximum Gasteiger partial charge on any atom is 0.131 e. The van der Waals surface area contributed by atoms with Crippen LogP contribution in [0.3, 0.4) is 0 Å². The third kappa shape index (κ3) is 5.34. The third-order valence-corrected chi connectivity index (χ3v) is 10.4. The Morgan fingerprint density at radius 2 is 1.02 bits per heavy atom. The highest BCUT2D eigenvalue weighted by Crippen LogP contribution is 2.54. The second kappa shape index (κ2) is 12.7. The number of benzene rings is 7. The molecule has 0 aliphatic heterocycles.